The number of hydrogen-bond donors (Lipinski definition) is 1. The van der Waals surface area contributed by atoms with E-state index in [1.807, 2.05) is 18.7 Å². The molecule has 1 aromatic heterocycles. The van der Waals surface area contributed by atoms with Crippen LogP contribution in [-0.4, -0.2) is 35.8 Å². The third-order valence-electron chi connectivity index (χ3n) is 3.96. The van der Waals surface area contributed by atoms with Gasteiger partial charge in [-0.3, -0.25) is 9.59 Å². The van der Waals surface area contributed by atoms with Crippen molar-refractivity contribution in [3.05, 3.63) is 24.2 Å². The zero-order valence-corrected chi connectivity index (χ0v) is 12.1. The van der Waals surface area contributed by atoms with Crippen molar-refractivity contribution in [1.29, 1.82) is 0 Å². The third kappa shape index (κ3) is 3.40. The van der Waals surface area contributed by atoms with Gasteiger partial charge in [0.15, 0.2) is 0 Å². The van der Waals surface area contributed by atoms with E-state index in [-0.39, 0.29) is 23.8 Å². The number of carbonyl (C=O) groups excluding carboxylic acids is 2. The van der Waals surface area contributed by atoms with Crippen molar-refractivity contribution < 1.29 is 14.0 Å². The molecule has 0 radical (unpaired) electrons. The fraction of sp³-hybridized carbons (Fsp3) is 0.600. The van der Waals surface area contributed by atoms with E-state index >= 15 is 0 Å². The maximum atomic E-state index is 12.1. The first-order valence-electron chi connectivity index (χ1n) is 7.23. The van der Waals surface area contributed by atoms with Gasteiger partial charge in [-0.05, 0) is 25.3 Å². The van der Waals surface area contributed by atoms with Crippen LogP contribution in [0.1, 0.15) is 43.5 Å². The number of hydrogen-bond acceptors (Lipinski definition) is 3. The largest absolute Gasteiger partial charge is 0.472 e. The van der Waals surface area contributed by atoms with Crippen LogP contribution in [0.4, 0.5) is 0 Å². The van der Waals surface area contributed by atoms with E-state index in [9.17, 15) is 9.59 Å². The summed E-state index contributed by atoms with van der Waals surface area (Å²) in [7, 11) is 0. The lowest BCUT2D eigenvalue weighted by Crippen LogP contribution is -2.47. The molecule has 110 valence electrons. The summed E-state index contributed by atoms with van der Waals surface area (Å²) in [6.07, 6.45) is 5.45. The number of furan rings is 1. The van der Waals surface area contributed by atoms with Crippen LogP contribution in [0.2, 0.25) is 0 Å². The SMILES string of the molecule is CCC(C)C(=O)NC1CCN(C(=O)c2ccoc2)CC1. The van der Waals surface area contributed by atoms with Gasteiger partial charge in [-0.15, -0.1) is 0 Å². The van der Waals surface area contributed by atoms with Crippen molar-refractivity contribution in [3.8, 4) is 0 Å². The van der Waals surface area contributed by atoms with Crippen molar-refractivity contribution in [2.45, 2.75) is 39.2 Å². The van der Waals surface area contributed by atoms with E-state index < -0.39 is 0 Å². The molecule has 1 aromatic rings. The predicted octanol–water partition coefficient (Wildman–Crippen LogP) is 2.05. The zero-order chi connectivity index (χ0) is 14.5. The Labute approximate surface area is 119 Å². The lowest BCUT2D eigenvalue weighted by molar-refractivity contribution is -0.125. The number of nitrogens with zero attached hydrogens (tertiary/aromatic N) is 1. The first kappa shape index (κ1) is 14.6. The molecule has 5 nitrogen and oxygen atoms in total. The van der Waals surface area contributed by atoms with Crippen LogP contribution in [-0.2, 0) is 4.79 Å². The Balaban J connectivity index is 1.81. The van der Waals surface area contributed by atoms with Gasteiger partial charge in [-0.2, -0.15) is 0 Å². The van der Waals surface area contributed by atoms with Gasteiger partial charge in [0, 0.05) is 25.0 Å². The second kappa shape index (κ2) is 6.59. The van der Waals surface area contributed by atoms with Crippen molar-refractivity contribution in [2.24, 2.45) is 5.92 Å². The predicted molar refractivity (Wildman–Crippen MR) is 75.2 cm³/mol. The van der Waals surface area contributed by atoms with Crippen LogP contribution in [0.5, 0.6) is 0 Å². The molecule has 2 rings (SSSR count). The van der Waals surface area contributed by atoms with Crippen LogP contribution in [0.25, 0.3) is 0 Å². The van der Waals surface area contributed by atoms with Crippen LogP contribution < -0.4 is 5.32 Å². The lowest BCUT2D eigenvalue weighted by Gasteiger charge is -2.32. The molecule has 1 saturated heterocycles. The number of carbonyl (C=O) groups is 2. The first-order valence-corrected chi connectivity index (χ1v) is 7.23. The molecule has 2 heterocycles. The summed E-state index contributed by atoms with van der Waals surface area (Å²) in [6, 6.07) is 1.86. The second-order valence-corrected chi connectivity index (χ2v) is 5.40. The Bertz CT molecular complexity index is 448. The number of rotatable bonds is 4. The highest BCUT2D eigenvalue weighted by atomic mass is 16.3. The van der Waals surface area contributed by atoms with Gasteiger partial charge in [-0.1, -0.05) is 13.8 Å². The first-order chi connectivity index (χ1) is 9.61. The maximum absolute atomic E-state index is 12.1. The van der Waals surface area contributed by atoms with Gasteiger partial charge in [-0.25, -0.2) is 0 Å². The van der Waals surface area contributed by atoms with Gasteiger partial charge in [0.2, 0.25) is 5.91 Å². The van der Waals surface area contributed by atoms with E-state index in [1.165, 1.54) is 12.5 Å². The van der Waals surface area contributed by atoms with E-state index in [0.717, 1.165) is 19.3 Å². The summed E-state index contributed by atoms with van der Waals surface area (Å²) in [4.78, 5) is 25.8. The van der Waals surface area contributed by atoms with Crippen molar-refractivity contribution >= 4 is 11.8 Å². The minimum absolute atomic E-state index is 0.00505. The van der Waals surface area contributed by atoms with Crippen LogP contribution in [0.3, 0.4) is 0 Å². The third-order valence-corrected chi connectivity index (χ3v) is 3.96. The second-order valence-electron chi connectivity index (χ2n) is 5.40. The standard InChI is InChI=1S/C15H22N2O3/c1-3-11(2)14(18)16-13-4-7-17(8-5-13)15(19)12-6-9-20-10-12/h6,9-11,13H,3-5,7-8H2,1-2H3,(H,16,18). The van der Waals surface area contributed by atoms with E-state index in [0.29, 0.717) is 18.7 Å². The fourth-order valence-corrected chi connectivity index (χ4v) is 2.32. The molecular formula is C15H22N2O3. The number of nitrogens with one attached hydrogen (secondary N) is 1. The monoisotopic (exact) mass is 278 g/mol. The van der Waals surface area contributed by atoms with E-state index in [1.54, 1.807) is 6.07 Å². The van der Waals surface area contributed by atoms with Gasteiger partial charge < -0.3 is 14.6 Å². The molecule has 1 fully saturated rings. The smallest absolute Gasteiger partial charge is 0.257 e. The summed E-state index contributed by atoms with van der Waals surface area (Å²) < 4.78 is 4.93. The Morgan fingerprint density at radius 3 is 2.70 bits per heavy atom. The normalized spacial score (nSPS) is 17.8. The van der Waals surface area contributed by atoms with Crippen LogP contribution >= 0.6 is 0 Å². The number of likely N-dealkylation sites (tertiary alicyclic amines) is 1. The topological polar surface area (TPSA) is 62.6 Å². The van der Waals surface area contributed by atoms with Gasteiger partial charge in [0.05, 0.1) is 11.8 Å². The molecular weight excluding hydrogens is 256 g/mol. The van der Waals surface area contributed by atoms with Crippen LogP contribution in [0, 0.1) is 5.92 Å². The molecule has 0 bridgehead atoms. The highest BCUT2D eigenvalue weighted by molar-refractivity contribution is 5.93. The molecule has 0 spiro atoms. The van der Waals surface area contributed by atoms with E-state index in [4.69, 9.17) is 4.42 Å². The highest BCUT2D eigenvalue weighted by Crippen LogP contribution is 2.15. The number of amides is 2. The Morgan fingerprint density at radius 1 is 1.45 bits per heavy atom. The molecule has 1 atom stereocenters. The molecule has 1 aliphatic rings. The summed E-state index contributed by atoms with van der Waals surface area (Å²) in [6.45, 7) is 5.30. The molecule has 1 unspecified atom stereocenters. The van der Waals surface area contributed by atoms with Crippen molar-refractivity contribution in [3.63, 3.8) is 0 Å². The summed E-state index contributed by atoms with van der Waals surface area (Å²) in [5.41, 5.74) is 0.590. The van der Waals surface area contributed by atoms with Crippen molar-refractivity contribution in [1.82, 2.24) is 10.2 Å². The fourth-order valence-electron chi connectivity index (χ4n) is 2.32. The zero-order valence-electron chi connectivity index (χ0n) is 12.1. The van der Waals surface area contributed by atoms with Crippen LogP contribution in [0.15, 0.2) is 23.0 Å². The minimum Gasteiger partial charge on any atom is -0.472 e. The van der Waals surface area contributed by atoms with Gasteiger partial charge in [0.25, 0.3) is 5.91 Å². The lowest BCUT2D eigenvalue weighted by atomic mass is 10.0. The van der Waals surface area contributed by atoms with Gasteiger partial charge in [0.1, 0.15) is 6.26 Å². The molecule has 1 aliphatic heterocycles. The molecule has 0 aliphatic carbocycles. The molecule has 20 heavy (non-hydrogen) atoms. The molecule has 1 N–H and O–H groups in total. The van der Waals surface area contributed by atoms with E-state index in [2.05, 4.69) is 5.32 Å². The summed E-state index contributed by atoms with van der Waals surface area (Å²) in [5, 5.41) is 3.07. The summed E-state index contributed by atoms with van der Waals surface area (Å²) >= 11 is 0. The van der Waals surface area contributed by atoms with Gasteiger partial charge >= 0.3 is 0 Å². The van der Waals surface area contributed by atoms with Crippen molar-refractivity contribution in [2.75, 3.05) is 13.1 Å². The quantitative estimate of drug-likeness (QED) is 0.916. The average Bonchev–Trinajstić information content (AvgIpc) is 3.00. The molecule has 5 heteroatoms. The molecule has 0 aromatic carbocycles. The molecule has 2 amide bonds. The Hall–Kier alpha value is -1.78. The number of piperidine rings is 1. The minimum atomic E-state index is 0.00505. The average molecular weight is 278 g/mol. The summed E-state index contributed by atoms with van der Waals surface area (Å²) in [5.74, 6) is 0.179. The Morgan fingerprint density at radius 2 is 2.15 bits per heavy atom. The highest BCUT2D eigenvalue weighted by Gasteiger charge is 2.25. The Kier molecular flexibility index (Phi) is 4.82. The molecule has 0 saturated carbocycles. The maximum Gasteiger partial charge on any atom is 0.257 e.